The molecule has 1 aromatic rings. The first-order valence-corrected chi connectivity index (χ1v) is 4.60. The number of benzene rings is 1. The quantitative estimate of drug-likeness (QED) is 0.798. The van der Waals surface area contributed by atoms with Gasteiger partial charge < -0.3 is 5.73 Å². The van der Waals surface area contributed by atoms with Crippen LogP contribution in [0.5, 0.6) is 0 Å². The Morgan fingerprint density at radius 1 is 1.57 bits per heavy atom. The highest BCUT2D eigenvalue weighted by Crippen LogP contribution is 2.20. The molecule has 0 spiro atoms. The second kappa shape index (κ2) is 4.73. The number of hydrogen-bond donors (Lipinski definition) is 1. The smallest absolute Gasteiger partial charge is 0.123 e. The normalized spacial score (nSPS) is 12.1. The molecule has 2 nitrogen and oxygen atoms in total. The summed E-state index contributed by atoms with van der Waals surface area (Å²) in [7, 11) is 0. The highest BCUT2D eigenvalue weighted by molar-refractivity contribution is 5.31. The van der Waals surface area contributed by atoms with Crippen molar-refractivity contribution < 1.29 is 4.39 Å². The molecule has 0 saturated carbocycles. The zero-order valence-electron chi connectivity index (χ0n) is 8.13. The standard InChI is InChI=1S/C11H13FN2/c1-2-8-7-9(12)3-4-10(8)11(14)5-6-13/h3-4,7,11H,2,5,14H2,1H3. The minimum atomic E-state index is -0.310. The third kappa shape index (κ3) is 2.30. The topological polar surface area (TPSA) is 49.8 Å². The van der Waals surface area contributed by atoms with E-state index in [0.29, 0.717) is 0 Å². The molecule has 14 heavy (non-hydrogen) atoms. The summed E-state index contributed by atoms with van der Waals surface area (Å²) in [6.07, 6.45) is 0.991. The Morgan fingerprint density at radius 3 is 2.86 bits per heavy atom. The van der Waals surface area contributed by atoms with Gasteiger partial charge in [-0.2, -0.15) is 5.26 Å². The summed E-state index contributed by atoms with van der Waals surface area (Å²) in [5, 5.41) is 8.51. The van der Waals surface area contributed by atoms with Crippen molar-refractivity contribution in [2.24, 2.45) is 5.73 Å². The Bertz CT molecular complexity index is 355. The Labute approximate surface area is 83.2 Å². The monoisotopic (exact) mass is 192 g/mol. The molecule has 0 aromatic heterocycles. The molecule has 0 radical (unpaired) electrons. The van der Waals surface area contributed by atoms with Gasteiger partial charge in [-0.3, -0.25) is 0 Å². The third-order valence-corrected chi connectivity index (χ3v) is 2.20. The molecule has 0 fully saturated rings. The van der Waals surface area contributed by atoms with Gasteiger partial charge >= 0.3 is 0 Å². The molecule has 0 aliphatic carbocycles. The summed E-state index contributed by atoms with van der Waals surface area (Å²) in [6, 6.07) is 6.23. The summed E-state index contributed by atoms with van der Waals surface area (Å²) in [5.74, 6) is -0.255. The van der Waals surface area contributed by atoms with Crippen molar-refractivity contribution in [1.82, 2.24) is 0 Å². The van der Waals surface area contributed by atoms with E-state index < -0.39 is 0 Å². The van der Waals surface area contributed by atoms with E-state index in [1.54, 1.807) is 6.07 Å². The van der Waals surface area contributed by atoms with Gasteiger partial charge in [0.25, 0.3) is 0 Å². The van der Waals surface area contributed by atoms with Gasteiger partial charge in [-0.05, 0) is 29.7 Å². The van der Waals surface area contributed by atoms with Crippen LogP contribution in [-0.4, -0.2) is 0 Å². The third-order valence-electron chi connectivity index (χ3n) is 2.20. The van der Waals surface area contributed by atoms with Crippen LogP contribution >= 0.6 is 0 Å². The average molecular weight is 192 g/mol. The molecule has 0 bridgehead atoms. The van der Waals surface area contributed by atoms with Gasteiger partial charge in [0, 0.05) is 6.04 Å². The van der Waals surface area contributed by atoms with Gasteiger partial charge in [-0.25, -0.2) is 4.39 Å². The first-order chi connectivity index (χ1) is 6.69. The number of nitriles is 1. The second-order valence-electron chi connectivity index (χ2n) is 3.17. The number of aryl methyl sites for hydroxylation is 1. The summed E-state index contributed by atoms with van der Waals surface area (Å²) < 4.78 is 12.9. The first kappa shape index (κ1) is 10.7. The van der Waals surface area contributed by atoms with Crippen LogP contribution < -0.4 is 5.73 Å². The van der Waals surface area contributed by atoms with Gasteiger partial charge in [0.1, 0.15) is 5.82 Å². The van der Waals surface area contributed by atoms with Crippen LogP contribution in [0, 0.1) is 17.1 Å². The van der Waals surface area contributed by atoms with Gasteiger partial charge in [0.15, 0.2) is 0 Å². The average Bonchev–Trinajstić information content (AvgIpc) is 2.17. The lowest BCUT2D eigenvalue weighted by Crippen LogP contribution is -2.11. The molecule has 0 heterocycles. The minimum Gasteiger partial charge on any atom is -0.323 e. The van der Waals surface area contributed by atoms with Gasteiger partial charge in [-0.15, -0.1) is 0 Å². The van der Waals surface area contributed by atoms with Crippen molar-refractivity contribution in [2.75, 3.05) is 0 Å². The van der Waals surface area contributed by atoms with Crippen LogP contribution in [-0.2, 0) is 6.42 Å². The van der Waals surface area contributed by atoms with Crippen LogP contribution in [0.2, 0.25) is 0 Å². The summed E-state index contributed by atoms with van der Waals surface area (Å²) in [5.41, 5.74) is 7.54. The molecule has 0 amide bonds. The van der Waals surface area contributed by atoms with E-state index >= 15 is 0 Å². The largest absolute Gasteiger partial charge is 0.323 e. The number of halogens is 1. The number of hydrogen-bond acceptors (Lipinski definition) is 2. The zero-order valence-corrected chi connectivity index (χ0v) is 8.13. The van der Waals surface area contributed by atoms with Crippen LogP contribution in [0.3, 0.4) is 0 Å². The molecule has 1 unspecified atom stereocenters. The highest BCUT2D eigenvalue weighted by atomic mass is 19.1. The molecule has 1 aromatic carbocycles. The van der Waals surface area contributed by atoms with Crippen LogP contribution in [0.25, 0.3) is 0 Å². The molecule has 0 saturated heterocycles. The summed E-state index contributed by atoms with van der Waals surface area (Å²) in [6.45, 7) is 1.94. The lowest BCUT2D eigenvalue weighted by Gasteiger charge is -2.12. The molecule has 3 heteroatoms. The maximum absolute atomic E-state index is 12.9. The van der Waals surface area contributed by atoms with Gasteiger partial charge in [-0.1, -0.05) is 13.0 Å². The van der Waals surface area contributed by atoms with Crippen molar-refractivity contribution in [3.05, 3.63) is 35.1 Å². The highest BCUT2D eigenvalue weighted by Gasteiger charge is 2.10. The maximum atomic E-state index is 12.9. The van der Waals surface area contributed by atoms with E-state index in [1.807, 2.05) is 13.0 Å². The van der Waals surface area contributed by atoms with Crippen LogP contribution in [0.15, 0.2) is 18.2 Å². The Morgan fingerprint density at radius 2 is 2.29 bits per heavy atom. The van der Waals surface area contributed by atoms with E-state index in [9.17, 15) is 4.39 Å². The zero-order chi connectivity index (χ0) is 10.6. The predicted molar refractivity (Wildman–Crippen MR) is 52.9 cm³/mol. The number of nitrogens with zero attached hydrogens (tertiary/aromatic N) is 1. The SMILES string of the molecule is CCc1cc(F)ccc1C(N)CC#N. The minimum absolute atomic E-state index is 0.255. The molecular weight excluding hydrogens is 179 g/mol. The molecule has 0 aliphatic rings. The summed E-state index contributed by atoms with van der Waals surface area (Å²) in [4.78, 5) is 0. The van der Waals surface area contributed by atoms with Crippen molar-refractivity contribution in [2.45, 2.75) is 25.8 Å². The lowest BCUT2D eigenvalue weighted by atomic mass is 9.97. The Kier molecular flexibility index (Phi) is 3.61. The van der Waals surface area contributed by atoms with E-state index in [4.69, 9.17) is 11.0 Å². The molecular formula is C11H13FN2. The van der Waals surface area contributed by atoms with Crippen molar-refractivity contribution in [1.29, 1.82) is 5.26 Å². The summed E-state index contributed by atoms with van der Waals surface area (Å²) >= 11 is 0. The second-order valence-corrected chi connectivity index (χ2v) is 3.17. The Hall–Kier alpha value is -1.40. The van der Waals surface area contributed by atoms with E-state index in [2.05, 4.69) is 0 Å². The van der Waals surface area contributed by atoms with Crippen molar-refractivity contribution in [3.8, 4) is 6.07 Å². The molecule has 74 valence electrons. The Balaban J connectivity index is 3.02. The van der Waals surface area contributed by atoms with Gasteiger partial charge in [0.05, 0.1) is 12.5 Å². The fourth-order valence-electron chi connectivity index (χ4n) is 1.45. The molecule has 2 N–H and O–H groups in total. The molecule has 1 rings (SSSR count). The molecule has 0 aliphatic heterocycles. The number of rotatable bonds is 3. The van der Waals surface area contributed by atoms with Crippen molar-refractivity contribution in [3.63, 3.8) is 0 Å². The van der Waals surface area contributed by atoms with Crippen LogP contribution in [0.1, 0.15) is 30.5 Å². The maximum Gasteiger partial charge on any atom is 0.123 e. The number of nitrogens with two attached hydrogens (primary N) is 1. The fourth-order valence-corrected chi connectivity index (χ4v) is 1.45. The lowest BCUT2D eigenvalue weighted by molar-refractivity contribution is 0.621. The van der Waals surface area contributed by atoms with E-state index in [1.165, 1.54) is 12.1 Å². The van der Waals surface area contributed by atoms with E-state index in [-0.39, 0.29) is 18.3 Å². The molecule has 1 atom stereocenters. The van der Waals surface area contributed by atoms with Crippen molar-refractivity contribution >= 4 is 0 Å². The first-order valence-electron chi connectivity index (χ1n) is 4.60. The predicted octanol–water partition coefficient (Wildman–Crippen LogP) is 2.30. The van der Waals surface area contributed by atoms with E-state index in [0.717, 1.165) is 17.5 Å². The van der Waals surface area contributed by atoms with Gasteiger partial charge in [0.2, 0.25) is 0 Å². The van der Waals surface area contributed by atoms with Crippen LogP contribution in [0.4, 0.5) is 4.39 Å². The fraction of sp³-hybridized carbons (Fsp3) is 0.364.